The highest BCUT2D eigenvalue weighted by atomic mass is 79.9. The lowest BCUT2D eigenvalue weighted by atomic mass is 9.77. The number of aliphatic hydroxyl groups excluding tert-OH is 1. The predicted octanol–water partition coefficient (Wildman–Crippen LogP) is 2.66. The Hall–Kier alpha value is -1.44. The van der Waals surface area contributed by atoms with Crippen LogP contribution in [0.25, 0.3) is 0 Å². The van der Waals surface area contributed by atoms with E-state index in [4.69, 9.17) is 14.6 Å². The maximum atomic E-state index is 9.08. The fraction of sp³-hybridized carbons (Fsp3) is 0.579. The average Bonchev–Trinajstić information content (AvgIpc) is 3.40. The fourth-order valence-electron chi connectivity index (χ4n) is 3.86. The van der Waals surface area contributed by atoms with E-state index in [1.165, 1.54) is 18.4 Å². The van der Waals surface area contributed by atoms with Crippen LogP contribution < -0.4 is 4.90 Å². The number of β-amino-alcohol motifs (C(OH)–C–C–N with tert-alkyl or cyclic N) is 1. The van der Waals surface area contributed by atoms with Crippen LogP contribution in [0.4, 0.5) is 6.01 Å². The molecule has 4 rings (SSSR count). The van der Waals surface area contributed by atoms with Crippen LogP contribution in [0.5, 0.6) is 0 Å². The van der Waals surface area contributed by atoms with E-state index in [9.17, 15) is 0 Å². The Bertz CT molecular complexity index is 738. The van der Waals surface area contributed by atoms with Gasteiger partial charge in [0.1, 0.15) is 0 Å². The molecular formula is C19H25BrN4O2. The Morgan fingerprint density at radius 2 is 1.88 bits per heavy atom. The van der Waals surface area contributed by atoms with E-state index in [1.807, 2.05) is 0 Å². The molecule has 1 N–H and O–H groups in total. The highest BCUT2D eigenvalue weighted by Gasteiger charge is 2.47. The molecule has 1 aromatic carbocycles. The van der Waals surface area contributed by atoms with Gasteiger partial charge >= 0.3 is 6.01 Å². The zero-order chi connectivity index (χ0) is 18.1. The fourth-order valence-corrected chi connectivity index (χ4v) is 4.13. The lowest BCUT2D eigenvalue weighted by molar-refractivity contribution is 0.186. The quantitative estimate of drug-likeness (QED) is 0.774. The van der Waals surface area contributed by atoms with Crippen molar-refractivity contribution in [1.82, 2.24) is 15.0 Å². The number of anilines is 1. The zero-order valence-corrected chi connectivity index (χ0v) is 16.7. The second-order valence-corrected chi connectivity index (χ2v) is 8.35. The van der Waals surface area contributed by atoms with Gasteiger partial charge in [-0.15, -0.1) is 0 Å². The Morgan fingerprint density at radius 1 is 1.19 bits per heavy atom. The highest BCUT2D eigenvalue weighted by molar-refractivity contribution is 9.10. The standard InChI is InChI=1S/C19H25BrN4O2/c1-19(14-2-3-14,15-4-6-16(20)7-5-15)17-21-18(26-22-17)24-10-8-23(9-11-24)12-13-25/h4-7,14,25H,2-3,8-13H2,1H3. The van der Waals surface area contributed by atoms with Crippen molar-refractivity contribution in [3.8, 4) is 0 Å². The first-order valence-electron chi connectivity index (χ1n) is 9.29. The van der Waals surface area contributed by atoms with Crippen LogP contribution in [0.3, 0.4) is 0 Å². The lowest BCUT2D eigenvalue weighted by Gasteiger charge is -2.33. The third-order valence-electron chi connectivity index (χ3n) is 5.78. The maximum absolute atomic E-state index is 9.08. The van der Waals surface area contributed by atoms with Gasteiger partial charge in [-0.25, -0.2) is 0 Å². The van der Waals surface area contributed by atoms with E-state index >= 15 is 0 Å². The highest BCUT2D eigenvalue weighted by Crippen LogP contribution is 2.50. The minimum Gasteiger partial charge on any atom is -0.395 e. The summed E-state index contributed by atoms with van der Waals surface area (Å²) in [5.41, 5.74) is 1.03. The molecule has 2 aliphatic rings. The van der Waals surface area contributed by atoms with Crippen LogP contribution in [0, 0.1) is 5.92 Å². The first-order valence-corrected chi connectivity index (χ1v) is 10.1. The number of benzene rings is 1. The Labute approximate surface area is 162 Å². The third kappa shape index (κ3) is 3.40. The maximum Gasteiger partial charge on any atom is 0.324 e. The number of hydrogen-bond acceptors (Lipinski definition) is 6. The molecule has 6 nitrogen and oxygen atoms in total. The second-order valence-electron chi connectivity index (χ2n) is 7.44. The molecule has 140 valence electrons. The first-order chi connectivity index (χ1) is 12.6. The van der Waals surface area contributed by atoms with Gasteiger partial charge < -0.3 is 14.5 Å². The molecule has 2 aromatic rings. The smallest absolute Gasteiger partial charge is 0.324 e. The van der Waals surface area contributed by atoms with Crippen LogP contribution in [-0.4, -0.2) is 59.5 Å². The molecule has 1 aliphatic carbocycles. The van der Waals surface area contributed by atoms with Gasteiger partial charge in [0.15, 0.2) is 5.82 Å². The van der Waals surface area contributed by atoms with Gasteiger partial charge in [0.2, 0.25) is 0 Å². The topological polar surface area (TPSA) is 65.6 Å². The van der Waals surface area contributed by atoms with E-state index < -0.39 is 0 Å². The van der Waals surface area contributed by atoms with Gasteiger partial charge in [0.25, 0.3) is 0 Å². The summed E-state index contributed by atoms with van der Waals surface area (Å²) in [6, 6.07) is 9.10. The minimum atomic E-state index is -0.207. The van der Waals surface area contributed by atoms with Crippen molar-refractivity contribution in [2.45, 2.75) is 25.2 Å². The second kappa shape index (κ2) is 7.29. The Morgan fingerprint density at radius 3 is 2.50 bits per heavy atom. The molecule has 7 heteroatoms. The molecule has 2 heterocycles. The number of halogens is 1. The van der Waals surface area contributed by atoms with E-state index in [2.05, 4.69) is 62.1 Å². The van der Waals surface area contributed by atoms with Crippen molar-refractivity contribution in [1.29, 1.82) is 0 Å². The van der Waals surface area contributed by atoms with Crippen LogP contribution in [-0.2, 0) is 5.41 Å². The van der Waals surface area contributed by atoms with Crippen molar-refractivity contribution >= 4 is 21.9 Å². The third-order valence-corrected chi connectivity index (χ3v) is 6.31. The zero-order valence-electron chi connectivity index (χ0n) is 15.1. The molecule has 0 spiro atoms. The number of nitrogens with zero attached hydrogens (tertiary/aromatic N) is 4. The molecule has 1 saturated carbocycles. The summed E-state index contributed by atoms with van der Waals surface area (Å²) in [7, 11) is 0. The summed E-state index contributed by atoms with van der Waals surface area (Å²) in [5, 5.41) is 13.5. The van der Waals surface area contributed by atoms with Crippen molar-refractivity contribution in [2.75, 3.05) is 44.2 Å². The molecule has 1 unspecified atom stereocenters. The molecule has 1 atom stereocenters. The number of aromatic nitrogens is 2. The number of piperazine rings is 1. The summed E-state index contributed by atoms with van der Waals surface area (Å²) in [4.78, 5) is 9.21. The predicted molar refractivity (Wildman–Crippen MR) is 103 cm³/mol. The summed E-state index contributed by atoms with van der Waals surface area (Å²) < 4.78 is 6.73. The van der Waals surface area contributed by atoms with Gasteiger partial charge in [-0.1, -0.05) is 33.2 Å². The van der Waals surface area contributed by atoms with E-state index in [1.54, 1.807) is 0 Å². The normalized spacial score (nSPS) is 21.0. The summed E-state index contributed by atoms with van der Waals surface area (Å²) in [5.74, 6) is 1.35. The first kappa shape index (κ1) is 17.9. The molecule has 1 aromatic heterocycles. The van der Waals surface area contributed by atoms with Crippen molar-refractivity contribution < 1.29 is 9.63 Å². The SMILES string of the molecule is CC(c1ccc(Br)cc1)(c1noc(N2CCN(CCO)CC2)n1)C1CC1. The summed E-state index contributed by atoms with van der Waals surface area (Å²) in [6.45, 7) is 6.68. The van der Waals surface area contributed by atoms with Crippen LogP contribution in [0.1, 0.15) is 31.2 Å². The van der Waals surface area contributed by atoms with Gasteiger partial charge in [0.05, 0.1) is 12.0 Å². The van der Waals surface area contributed by atoms with Crippen LogP contribution in [0.15, 0.2) is 33.3 Å². The summed E-state index contributed by atoms with van der Waals surface area (Å²) >= 11 is 3.52. The molecule has 1 aliphatic heterocycles. The number of hydrogen-bond donors (Lipinski definition) is 1. The van der Waals surface area contributed by atoms with Gasteiger partial charge in [0, 0.05) is 37.2 Å². The largest absolute Gasteiger partial charge is 0.395 e. The van der Waals surface area contributed by atoms with E-state index in [-0.39, 0.29) is 12.0 Å². The summed E-state index contributed by atoms with van der Waals surface area (Å²) in [6.07, 6.45) is 2.41. The van der Waals surface area contributed by atoms with Gasteiger partial charge in [-0.05, 0) is 43.4 Å². The number of aliphatic hydroxyl groups is 1. The number of rotatable bonds is 6. The molecule has 0 bridgehead atoms. The Kier molecular flexibility index (Phi) is 5.03. The minimum absolute atomic E-state index is 0.206. The Balaban J connectivity index is 1.55. The van der Waals surface area contributed by atoms with E-state index in [0.29, 0.717) is 11.9 Å². The molecule has 1 saturated heterocycles. The molecular weight excluding hydrogens is 396 g/mol. The molecule has 0 radical (unpaired) electrons. The van der Waals surface area contributed by atoms with E-state index in [0.717, 1.165) is 43.0 Å². The van der Waals surface area contributed by atoms with Crippen LogP contribution in [0.2, 0.25) is 0 Å². The van der Waals surface area contributed by atoms with Crippen molar-refractivity contribution in [3.05, 3.63) is 40.1 Å². The lowest BCUT2D eigenvalue weighted by Crippen LogP contribution is -2.47. The average molecular weight is 421 g/mol. The molecule has 0 amide bonds. The van der Waals surface area contributed by atoms with Crippen molar-refractivity contribution in [3.63, 3.8) is 0 Å². The van der Waals surface area contributed by atoms with Gasteiger partial charge in [-0.2, -0.15) is 4.98 Å². The molecule has 2 fully saturated rings. The monoisotopic (exact) mass is 420 g/mol. The van der Waals surface area contributed by atoms with Crippen LogP contribution >= 0.6 is 15.9 Å². The van der Waals surface area contributed by atoms with Crippen molar-refractivity contribution in [2.24, 2.45) is 5.92 Å². The molecule has 26 heavy (non-hydrogen) atoms. The van der Waals surface area contributed by atoms with Gasteiger partial charge in [-0.3, -0.25) is 4.90 Å².